The zero-order valence-corrected chi connectivity index (χ0v) is 13.6. The van der Waals surface area contributed by atoms with Gasteiger partial charge in [-0.2, -0.15) is 0 Å². The van der Waals surface area contributed by atoms with Gasteiger partial charge in [-0.1, -0.05) is 39.2 Å². The van der Waals surface area contributed by atoms with Gasteiger partial charge in [-0.3, -0.25) is 0 Å². The molecule has 0 atom stereocenters. The van der Waals surface area contributed by atoms with Crippen LogP contribution in [0.5, 0.6) is 0 Å². The van der Waals surface area contributed by atoms with Crippen LogP contribution in [-0.4, -0.2) is 35.4 Å². The van der Waals surface area contributed by atoms with Crippen LogP contribution >= 0.6 is 0 Å². The molecule has 0 unspecified atom stereocenters. The van der Waals surface area contributed by atoms with Gasteiger partial charge in [-0.25, -0.2) is 4.79 Å². The Morgan fingerprint density at radius 3 is 2.26 bits per heavy atom. The van der Waals surface area contributed by atoms with Gasteiger partial charge in [-0.15, -0.1) is 0 Å². The van der Waals surface area contributed by atoms with E-state index < -0.39 is 8.56 Å². The highest BCUT2D eigenvalue weighted by Crippen LogP contribution is 2.22. The summed E-state index contributed by atoms with van der Waals surface area (Å²) in [5.41, 5.74) is 0. The Hall–Kier alpha value is -0.653. The van der Waals surface area contributed by atoms with Crippen LogP contribution in [0, 0.1) is 0 Å². The number of rotatable bonds is 12. The molecule has 0 aromatic carbocycles. The number of carbonyl (C=O) groups excluding carboxylic acids is 1. The quantitative estimate of drug-likeness (QED) is 0.239. The maximum atomic E-state index is 10.8. The summed E-state index contributed by atoms with van der Waals surface area (Å²) in [7, 11) is 1.59. The molecule has 0 heterocycles. The van der Waals surface area contributed by atoms with Crippen LogP contribution in [-0.2, 0) is 18.4 Å². The number of hydrogen-bond donors (Lipinski definition) is 0. The van der Waals surface area contributed by atoms with E-state index in [0.717, 1.165) is 44.2 Å². The van der Waals surface area contributed by atoms with Crippen LogP contribution in [0.2, 0.25) is 12.1 Å². The summed E-state index contributed by atoms with van der Waals surface area (Å²) in [6.45, 7) is 6.00. The lowest BCUT2D eigenvalue weighted by molar-refractivity contribution is -0.137. The van der Waals surface area contributed by atoms with E-state index in [0.29, 0.717) is 6.61 Å². The molecule has 0 N–H and O–H groups in total. The third kappa shape index (κ3) is 8.18. The summed E-state index contributed by atoms with van der Waals surface area (Å²) in [5.74, 6) is -0.340. The van der Waals surface area contributed by atoms with E-state index in [4.69, 9.17) is 13.6 Å². The standard InChI is InChI=1S/C14H28O4Si/c1-5-12-19(16-3,17-4)13-10-8-7-9-11-18-14(15)6-2/h6H,2,5,7-13H2,1,3-4H3. The molecule has 4 nitrogen and oxygen atoms in total. The monoisotopic (exact) mass is 288 g/mol. The van der Waals surface area contributed by atoms with Crippen LogP contribution in [0.3, 0.4) is 0 Å². The highest BCUT2D eigenvalue weighted by Gasteiger charge is 2.33. The molecule has 0 spiro atoms. The van der Waals surface area contributed by atoms with Crippen LogP contribution < -0.4 is 0 Å². The molecule has 0 radical (unpaired) electrons. The van der Waals surface area contributed by atoms with E-state index in [1.54, 1.807) is 14.2 Å². The number of unbranched alkanes of at least 4 members (excludes halogenated alkanes) is 3. The molecule has 112 valence electrons. The predicted molar refractivity (Wildman–Crippen MR) is 79.3 cm³/mol. The van der Waals surface area contributed by atoms with Gasteiger partial charge in [0.1, 0.15) is 0 Å². The molecule has 0 aromatic rings. The summed E-state index contributed by atoms with van der Waals surface area (Å²) >= 11 is 0. The van der Waals surface area contributed by atoms with Crippen molar-refractivity contribution in [3.8, 4) is 0 Å². The van der Waals surface area contributed by atoms with Crippen LogP contribution in [0.25, 0.3) is 0 Å². The van der Waals surface area contributed by atoms with Gasteiger partial charge in [0, 0.05) is 20.3 Å². The zero-order valence-electron chi connectivity index (χ0n) is 12.6. The smallest absolute Gasteiger partial charge is 0.337 e. The van der Waals surface area contributed by atoms with Crippen molar-refractivity contribution in [2.24, 2.45) is 0 Å². The molecule has 0 aliphatic rings. The minimum Gasteiger partial charge on any atom is -0.463 e. The van der Waals surface area contributed by atoms with Crippen LogP contribution in [0.1, 0.15) is 39.0 Å². The normalized spacial score (nSPS) is 11.3. The van der Waals surface area contributed by atoms with E-state index in [-0.39, 0.29) is 5.97 Å². The average molecular weight is 288 g/mol. The van der Waals surface area contributed by atoms with Crippen molar-refractivity contribution in [1.29, 1.82) is 0 Å². The van der Waals surface area contributed by atoms with E-state index >= 15 is 0 Å². The Morgan fingerprint density at radius 2 is 1.74 bits per heavy atom. The molecule has 0 fully saturated rings. The Kier molecular flexibility index (Phi) is 10.8. The first-order valence-corrected chi connectivity index (χ1v) is 9.26. The predicted octanol–water partition coefficient (Wildman–Crippen LogP) is 3.42. The molecule has 0 bridgehead atoms. The minimum atomic E-state index is -1.93. The van der Waals surface area contributed by atoms with E-state index in [9.17, 15) is 4.79 Å². The fourth-order valence-electron chi connectivity index (χ4n) is 2.08. The van der Waals surface area contributed by atoms with Gasteiger partial charge < -0.3 is 13.6 Å². The lowest BCUT2D eigenvalue weighted by Gasteiger charge is -2.27. The first kappa shape index (κ1) is 18.3. The van der Waals surface area contributed by atoms with Crippen LogP contribution in [0.15, 0.2) is 12.7 Å². The Labute approximate surface area is 118 Å². The molecule has 0 saturated heterocycles. The van der Waals surface area contributed by atoms with Crippen molar-refractivity contribution < 1.29 is 18.4 Å². The van der Waals surface area contributed by atoms with Gasteiger partial charge in [0.25, 0.3) is 0 Å². The van der Waals surface area contributed by atoms with Crippen molar-refractivity contribution in [3.63, 3.8) is 0 Å². The van der Waals surface area contributed by atoms with Gasteiger partial charge in [-0.05, 0) is 18.5 Å². The summed E-state index contributed by atoms with van der Waals surface area (Å²) < 4.78 is 16.2. The first-order chi connectivity index (χ1) is 9.14. The molecule has 0 aromatic heterocycles. The second-order valence-corrected chi connectivity index (χ2v) is 8.24. The van der Waals surface area contributed by atoms with Crippen molar-refractivity contribution in [1.82, 2.24) is 0 Å². The van der Waals surface area contributed by atoms with Crippen molar-refractivity contribution >= 4 is 14.5 Å². The summed E-state index contributed by atoms with van der Waals surface area (Å²) in [6, 6.07) is 2.09. The van der Waals surface area contributed by atoms with Gasteiger partial charge in [0.05, 0.1) is 6.61 Å². The fourth-order valence-corrected chi connectivity index (χ4v) is 4.86. The topological polar surface area (TPSA) is 44.8 Å². The lowest BCUT2D eigenvalue weighted by Crippen LogP contribution is -2.39. The third-order valence-corrected chi connectivity index (χ3v) is 7.10. The molecule has 0 amide bonds. The molecule has 5 heteroatoms. The lowest BCUT2D eigenvalue weighted by atomic mass is 10.2. The van der Waals surface area contributed by atoms with Gasteiger partial charge in [0.15, 0.2) is 0 Å². The maximum absolute atomic E-state index is 10.8. The number of esters is 1. The zero-order chi connectivity index (χ0) is 14.6. The summed E-state index contributed by atoms with van der Waals surface area (Å²) in [4.78, 5) is 10.8. The molecule has 19 heavy (non-hydrogen) atoms. The largest absolute Gasteiger partial charge is 0.463 e. The van der Waals surface area contributed by atoms with Gasteiger partial charge >= 0.3 is 14.5 Å². The Bertz CT molecular complexity index is 252. The van der Waals surface area contributed by atoms with E-state index in [1.165, 1.54) is 6.08 Å². The van der Waals surface area contributed by atoms with Crippen molar-refractivity contribution in [2.75, 3.05) is 20.8 Å². The highest BCUT2D eigenvalue weighted by atomic mass is 28.4. The van der Waals surface area contributed by atoms with Crippen LogP contribution in [0.4, 0.5) is 0 Å². The number of hydrogen-bond acceptors (Lipinski definition) is 4. The first-order valence-electron chi connectivity index (χ1n) is 7.03. The summed E-state index contributed by atoms with van der Waals surface area (Å²) in [6.07, 6.45) is 6.50. The average Bonchev–Trinajstić information content (AvgIpc) is 2.44. The molecule has 0 saturated carbocycles. The highest BCUT2D eigenvalue weighted by molar-refractivity contribution is 6.67. The molecule has 0 rings (SSSR count). The van der Waals surface area contributed by atoms with Gasteiger partial charge in [0.2, 0.25) is 0 Å². The molecular formula is C14H28O4Si. The molecule has 0 aliphatic carbocycles. The molecule has 0 aliphatic heterocycles. The SMILES string of the molecule is C=CC(=O)OCCCCCC[Si](CCC)(OC)OC. The third-order valence-electron chi connectivity index (χ3n) is 3.24. The Balaban J connectivity index is 3.66. The van der Waals surface area contributed by atoms with Crippen molar-refractivity contribution in [3.05, 3.63) is 12.7 Å². The second-order valence-electron chi connectivity index (χ2n) is 4.60. The fraction of sp³-hybridized carbons (Fsp3) is 0.786. The van der Waals surface area contributed by atoms with Crippen molar-refractivity contribution in [2.45, 2.75) is 51.1 Å². The van der Waals surface area contributed by atoms with E-state index in [1.807, 2.05) is 0 Å². The number of carbonyl (C=O) groups is 1. The Morgan fingerprint density at radius 1 is 1.11 bits per heavy atom. The molecular weight excluding hydrogens is 260 g/mol. The maximum Gasteiger partial charge on any atom is 0.337 e. The van der Waals surface area contributed by atoms with E-state index in [2.05, 4.69) is 13.5 Å². The summed E-state index contributed by atoms with van der Waals surface area (Å²) in [5, 5.41) is 0. The second kappa shape index (κ2) is 11.2. The minimum absolute atomic E-state index is 0.340. The number of ether oxygens (including phenoxy) is 1.